The summed E-state index contributed by atoms with van der Waals surface area (Å²) in [5.41, 5.74) is 8.04. The van der Waals surface area contributed by atoms with Gasteiger partial charge in [-0.15, -0.1) is 0 Å². The first-order valence-electron chi connectivity index (χ1n) is 5.73. The maximum absolute atomic E-state index is 5.88. The fourth-order valence-electron chi connectivity index (χ4n) is 1.93. The highest BCUT2D eigenvalue weighted by molar-refractivity contribution is 6.30. The lowest BCUT2D eigenvalue weighted by molar-refractivity contribution is 0.435. The van der Waals surface area contributed by atoms with Crippen LogP contribution >= 0.6 is 11.6 Å². The largest absolute Gasteiger partial charge is 0.460 e. The van der Waals surface area contributed by atoms with Gasteiger partial charge in [0.05, 0.1) is 5.56 Å². The van der Waals surface area contributed by atoms with E-state index >= 15 is 0 Å². The lowest BCUT2D eigenvalue weighted by Gasteiger charge is -2.01. The standard InChI is InChI=1S/C14H11ClN2O2/c1-8-2-7-11(18-8)13-12(14(16)19-17-13)9-3-5-10(15)6-4-9/h2-7H,16H2,1H3. The van der Waals surface area contributed by atoms with E-state index < -0.39 is 0 Å². The Labute approximate surface area is 114 Å². The summed E-state index contributed by atoms with van der Waals surface area (Å²) in [6.45, 7) is 1.87. The van der Waals surface area contributed by atoms with Gasteiger partial charge in [0.25, 0.3) is 0 Å². The zero-order chi connectivity index (χ0) is 13.4. The molecule has 96 valence electrons. The predicted molar refractivity (Wildman–Crippen MR) is 73.8 cm³/mol. The second-order valence-electron chi connectivity index (χ2n) is 4.19. The summed E-state index contributed by atoms with van der Waals surface area (Å²) in [5, 5.41) is 4.63. The van der Waals surface area contributed by atoms with Gasteiger partial charge in [-0.05, 0) is 36.8 Å². The van der Waals surface area contributed by atoms with Crippen molar-refractivity contribution in [2.24, 2.45) is 0 Å². The Morgan fingerprint density at radius 2 is 1.84 bits per heavy atom. The van der Waals surface area contributed by atoms with Crippen molar-refractivity contribution < 1.29 is 8.94 Å². The van der Waals surface area contributed by atoms with Gasteiger partial charge < -0.3 is 14.7 Å². The smallest absolute Gasteiger partial charge is 0.230 e. The van der Waals surface area contributed by atoms with Crippen LogP contribution in [0.3, 0.4) is 0 Å². The van der Waals surface area contributed by atoms with E-state index in [4.69, 9.17) is 26.3 Å². The first-order valence-corrected chi connectivity index (χ1v) is 6.11. The molecule has 2 aromatic heterocycles. The van der Waals surface area contributed by atoms with Crippen molar-refractivity contribution in [1.29, 1.82) is 0 Å². The van der Waals surface area contributed by atoms with Crippen LogP contribution in [-0.4, -0.2) is 5.16 Å². The Bertz CT molecular complexity index is 713. The number of anilines is 1. The van der Waals surface area contributed by atoms with Crippen molar-refractivity contribution in [2.45, 2.75) is 6.92 Å². The summed E-state index contributed by atoms with van der Waals surface area (Å²) < 4.78 is 10.6. The SMILES string of the molecule is Cc1ccc(-c2noc(N)c2-c2ccc(Cl)cc2)o1. The Morgan fingerprint density at radius 1 is 1.11 bits per heavy atom. The number of nitrogen functional groups attached to an aromatic ring is 1. The monoisotopic (exact) mass is 274 g/mol. The van der Waals surface area contributed by atoms with Gasteiger partial charge in [-0.2, -0.15) is 0 Å². The normalized spacial score (nSPS) is 10.8. The molecule has 1 aromatic carbocycles. The van der Waals surface area contributed by atoms with Gasteiger partial charge in [0, 0.05) is 5.02 Å². The van der Waals surface area contributed by atoms with Crippen molar-refractivity contribution in [3.05, 3.63) is 47.2 Å². The van der Waals surface area contributed by atoms with Crippen LogP contribution in [0, 0.1) is 6.92 Å². The van der Waals surface area contributed by atoms with Gasteiger partial charge in [-0.3, -0.25) is 0 Å². The molecule has 0 aliphatic carbocycles. The number of rotatable bonds is 2. The van der Waals surface area contributed by atoms with Gasteiger partial charge in [-0.1, -0.05) is 28.9 Å². The maximum Gasteiger partial charge on any atom is 0.230 e. The number of furan rings is 1. The lowest BCUT2D eigenvalue weighted by atomic mass is 10.0. The van der Waals surface area contributed by atoms with Crippen LogP contribution in [0.25, 0.3) is 22.6 Å². The molecule has 0 bridgehead atoms. The van der Waals surface area contributed by atoms with Crippen LogP contribution in [0.2, 0.25) is 5.02 Å². The third-order valence-corrected chi connectivity index (χ3v) is 3.08. The Balaban J connectivity index is 2.16. The molecule has 0 aliphatic rings. The van der Waals surface area contributed by atoms with Crippen LogP contribution in [0.1, 0.15) is 5.76 Å². The highest BCUT2D eigenvalue weighted by Gasteiger charge is 2.19. The van der Waals surface area contributed by atoms with E-state index in [0.717, 1.165) is 11.3 Å². The average molecular weight is 275 g/mol. The van der Waals surface area contributed by atoms with E-state index in [-0.39, 0.29) is 5.88 Å². The molecule has 0 saturated heterocycles. The van der Waals surface area contributed by atoms with Crippen molar-refractivity contribution >= 4 is 17.5 Å². The summed E-state index contributed by atoms with van der Waals surface area (Å²) in [6.07, 6.45) is 0. The molecular weight excluding hydrogens is 264 g/mol. The zero-order valence-corrected chi connectivity index (χ0v) is 10.9. The molecule has 0 unspecified atom stereocenters. The van der Waals surface area contributed by atoms with Crippen molar-refractivity contribution in [3.63, 3.8) is 0 Å². The maximum atomic E-state index is 5.88. The third-order valence-electron chi connectivity index (χ3n) is 2.83. The fourth-order valence-corrected chi connectivity index (χ4v) is 2.05. The molecule has 3 rings (SSSR count). The molecule has 0 aliphatic heterocycles. The van der Waals surface area contributed by atoms with Crippen LogP contribution in [0.4, 0.5) is 5.88 Å². The van der Waals surface area contributed by atoms with Crippen LogP contribution < -0.4 is 5.73 Å². The number of benzene rings is 1. The minimum atomic E-state index is 0.256. The highest BCUT2D eigenvalue weighted by Crippen LogP contribution is 2.37. The molecule has 0 radical (unpaired) electrons. The van der Waals surface area contributed by atoms with Gasteiger partial charge in [0.2, 0.25) is 5.88 Å². The quantitative estimate of drug-likeness (QED) is 0.762. The zero-order valence-electron chi connectivity index (χ0n) is 10.2. The van der Waals surface area contributed by atoms with Crippen LogP contribution in [-0.2, 0) is 0 Å². The Morgan fingerprint density at radius 3 is 2.47 bits per heavy atom. The predicted octanol–water partition coefficient (Wildman–Crippen LogP) is 4.15. The number of nitrogens with two attached hydrogens (primary N) is 1. The summed E-state index contributed by atoms with van der Waals surface area (Å²) in [5.74, 6) is 1.69. The van der Waals surface area contributed by atoms with E-state index in [2.05, 4.69) is 5.16 Å². The molecule has 0 atom stereocenters. The summed E-state index contributed by atoms with van der Waals surface area (Å²) in [4.78, 5) is 0. The Hall–Kier alpha value is -2.20. The molecular formula is C14H11ClN2O2. The molecule has 0 spiro atoms. The molecule has 5 heteroatoms. The molecule has 3 aromatic rings. The highest BCUT2D eigenvalue weighted by atomic mass is 35.5. The minimum Gasteiger partial charge on any atom is -0.460 e. The van der Waals surface area contributed by atoms with Gasteiger partial charge >= 0.3 is 0 Å². The third kappa shape index (κ3) is 2.11. The summed E-state index contributed by atoms with van der Waals surface area (Å²) in [6, 6.07) is 11.0. The van der Waals surface area contributed by atoms with Crippen LogP contribution in [0.15, 0.2) is 45.3 Å². The first-order chi connectivity index (χ1) is 9.15. The molecule has 2 N–H and O–H groups in total. The van der Waals surface area contributed by atoms with Crippen molar-refractivity contribution in [2.75, 3.05) is 5.73 Å². The second kappa shape index (κ2) is 4.48. The molecule has 0 saturated carbocycles. The number of aromatic nitrogens is 1. The minimum absolute atomic E-state index is 0.256. The second-order valence-corrected chi connectivity index (χ2v) is 4.62. The lowest BCUT2D eigenvalue weighted by Crippen LogP contribution is -1.86. The van der Waals surface area contributed by atoms with E-state index in [1.807, 2.05) is 31.2 Å². The molecule has 19 heavy (non-hydrogen) atoms. The summed E-state index contributed by atoms with van der Waals surface area (Å²) >= 11 is 5.88. The molecule has 4 nitrogen and oxygen atoms in total. The number of aryl methyl sites for hydroxylation is 1. The molecule has 0 fully saturated rings. The molecule has 0 amide bonds. The number of hydrogen-bond acceptors (Lipinski definition) is 4. The van der Waals surface area contributed by atoms with E-state index in [0.29, 0.717) is 22.0 Å². The van der Waals surface area contributed by atoms with Crippen molar-refractivity contribution in [3.8, 4) is 22.6 Å². The average Bonchev–Trinajstić information content (AvgIpc) is 2.97. The summed E-state index contributed by atoms with van der Waals surface area (Å²) in [7, 11) is 0. The van der Waals surface area contributed by atoms with Crippen molar-refractivity contribution in [1.82, 2.24) is 5.16 Å². The van der Waals surface area contributed by atoms with Crippen LogP contribution in [0.5, 0.6) is 0 Å². The number of nitrogens with zero attached hydrogens (tertiary/aromatic N) is 1. The van der Waals surface area contributed by atoms with Gasteiger partial charge in [-0.25, -0.2) is 0 Å². The van der Waals surface area contributed by atoms with E-state index in [1.54, 1.807) is 12.1 Å². The topological polar surface area (TPSA) is 65.2 Å². The van der Waals surface area contributed by atoms with E-state index in [1.165, 1.54) is 0 Å². The number of hydrogen-bond donors (Lipinski definition) is 1. The number of halogens is 1. The van der Waals surface area contributed by atoms with E-state index in [9.17, 15) is 0 Å². The molecule has 2 heterocycles. The first kappa shape index (κ1) is 11.9. The van der Waals surface area contributed by atoms with Gasteiger partial charge in [0.1, 0.15) is 5.76 Å². The Kier molecular flexibility index (Phi) is 2.80. The van der Waals surface area contributed by atoms with Gasteiger partial charge in [0.15, 0.2) is 11.5 Å². The fraction of sp³-hybridized carbons (Fsp3) is 0.0714.